The average molecular weight is 318 g/mol. The van der Waals surface area contributed by atoms with E-state index in [4.69, 9.17) is 4.74 Å². The Kier molecular flexibility index (Phi) is 3.50. The quantitative estimate of drug-likeness (QED) is 0.695. The molecule has 0 bridgehead atoms. The first-order valence-electron chi connectivity index (χ1n) is 6.75. The van der Waals surface area contributed by atoms with Crippen molar-refractivity contribution in [1.29, 1.82) is 0 Å². The van der Waals surface area contributed by atoms with E-state index in [-0.39, 0.29) is 16.4 Å². The van der Waals surface area contributed by atoms with Crippen LogP contribution in [0, 0.1) is 0 Å². The van der Waals surface area contributed by atoms with Crippen molar-refractivity contribution in [3.8, 4) is 16.9 Å². The van der Waals surface area contributed by atoms with E-state index in [0.29, 0.717) is 29.7 Å². The molecule has 5 nitrogen and oxygen atoms in total. The number of carbonyl (C=O) groups excluding carboxylic acids is 1. The van der Waals surface area contributed by atoms with Gasteiger partial charge in [0.15, 0.2) is 5.78 Å². The molecule has 0 saturated heterocycles. The Morgan fingerprint density at radius 1 is 1.18 bits per heavy atom. The standard InChI is InChI=1S/C16H14O5S/c1-10(17)11-3-2-4-12(7-11)14-8-13-5-6-21-16(13)15(9-14)22(18,19)20/h2-4,7-9H,5-6H2,1H3,(H,18,19,20). The van der Waals surface area contributed by atoms with E-state index in [0.717, 1.165) is 5.56 Å². The zero-order valence-corrected chi connectivity index (χ0v) is 12.7. The second-order valence-corrected chi connectivity index (χ2v) is 6.56. The Bertz CT molecular complexity index is 868. The van der Waals surface area contributed by atoms with Gasteiger partial charge in [-0.3, -0.25) is 9.35 Å². The van der Waals surface area contributed by atoms with Crippen LogP contribution in [0.25, 0.3) is 11.1 Å². The minimum absolute atomic E-state index is 0.0682. The first-order valence-corrected chi connectivity index (χ1v) is 8.19. The molecule has 1 N–H and O–H groups in total. The number of rotatable bonds is 3. The van der Waals surface area contributed by atoms with Crippen LogP contribution in [0.15, 0.2) is 41.3 Å². The van der Waals surface area contributed by atoms with E-state index in [1.807, 2.05) is 6.07 Å². The lowest BCUT2D eigenvalue weighted by Gasteiger charge is -2.10. The van der Waals surface area contributed by atoms with Crippen LogP contribution in [0.5, 0.6) is 5.75 Å². The molecule has 0 aromatic heterocycles. The fourth-order valence-electron chi connectivity index (χ4n) is 2.55. The second-order valence-electron chi connectivity index (χ2n) is 5.17. The Balaban J connectivity index is 2.21. The first-order chi connectivity index (χ1) is 10.4. The monoisotopic (exact) mass is 318 g/mol. The van der Waals surface area contributed by atoms with Crippen molar-refractivity contribution >= 4 is 15.9 Å². The number of ether oxygens (including phenoxy) is 1. The molecule has 0 atom stereocenters. The summed E-state index contributed by atoms with van der Waals surface area (Å²) in [6.45, 7) is 1.86. The Labute approximate surface area is 128 Å². The van der Waals surface area contributed by atoms with Gasteiger partial charge in [-0.25, -0.2) is 0 Å². The van der Waals surface area contributed by atoms with E-state index in [1.165, 1.54) is 13.0 Å². The van der Waals surface area contributed by atoms with Gasteiger partial charge in [-0.1, -0.05) is 18.2 Å². The molecular formula is C16H14O5S. The lowest BCUT2D eigenvalue weighted by Crippen LogP contribution is -2.02. The average Bonchev–Trinajstić information content (AvgIpc) is 2.93. The minimum Gasteiger partial charge on any atom is -0.491 e. The third kappa shape index (κ3) is 2.63. The van der Waals surface area contributed by atoms with Gasteiger partial charge in [0.1, 0.15) is 10.6 Å². The van der Waals surface area contributed by atoms with Crippen LogP contribution >= 0.6 is 0 Å². The molecule has 0 fully saturated rings. The summed E-state index contributed by atoms with van der Waals surface area (Å²) in [6, 6.07) is 10.1. The Hall–Kier alpha value is -2.18. The molecule has 6 heteroatoms. The number of hydrogen-bond acceptors (Lipinski definition) is 4. The SMILES string of the molecule is CC(=O)c1cccc(-c2cc3c(c(S(=O)(=O)O)c2)OCC3)c1. The van der Waals surface area contributed by atoms with Crippen molar-refractivity contribution in [1.82, 2.24) is 0 Å². The van der Waals surface area contributed by atoms with Crippen LogP contribution in [-0.4, -0.2) is 25.4 Å². The van der Waals surface area contributed by atoms with Crippen molar-refractivity contribution in [2.24, 2.45) is 0 Å². The lowest BCUT2D eigenvalue weighted by atomic mass is 9.99. The molecule has 1 aliphatic heterocycles. The third-order valence-corrected chi connectivity index (χ3v) is 4.49. The topological polar surface area (TPSA) is 80.7 Å². The van der Waals surface area contributed by atoms with Gasteiger partial charge in [0, 0.05) is 12.0 Å². The number of carbonyl (C=O) groups is 1. The molecule has 0 saturated carbocycles. The highest BCUT2D eigenvalue weighted by atomic mass is 32.2. The molecule has 0 radical (unpaired) electrons. The molecular weight excluding hydrogens is 304 g/mol. The molecule has 22 heavy (non-hydrogen) atoms. The summed E-state index contributed by atoms with van der Waals surface area (Å²) in [6.07, 6.45) is 0.581. The van der Waals surface area contributed by atoms with Crippen LogP contribution in [0.4, 0.5) is 0 Å². The largest absolute Gasteiger partial charge is 0.491 e. The molecule has 114 valence electrons. The van der Waals surface area contributed by atoms with Gasteiger partial charge in [-0.2, -0.15) is 8.42 Å². The van der Waals surface area contributed by atoms with Crippen molar-refractivity contribution < 1.29 is 22.5 Å². The number of fused-ring (bicyclic) bond motifs is 1. The lowest BCUT2D eigenvalue weighted by molar-refractivity contribution is 0.101. The van der Waals surface area contributed by atoms with E-state index >= 15 is 0 Å². The molecule has 3 rings (SSSR count). The van der Waals surface area contributed by atoms with E-state index in [9.17, 15) is 17.8 Å². The van der Waals surface area contributed by atoms with Gasteiger partial charge in [-0.15, -0.1) is 0 Å². The van der Waals surface area contributed by atoms with Crippen LogP contribution in [0.3, 0.4) is 0 Å². The summed E-state index contributed by atoms with van der Waals surface area (Å²) < 4.78 is 37.9. The summed E-state index contributed by atoms with van der Waals surface area (Å²) >= 11 is 0. The molecule has 2 aromatic rings. The van der Waals surface area contributed by atoms with Crippen molar-refractivity contribution in [2.45, 2.75) is 18.2 Å². The van der Waals surface area contributed by atoms with Crippen LogP contribution in [-0.2, 0) is 16.5 Å². The van der Waals surface area contributed by atoms with Gasteiger partial charge in [0.25, 0.3) is 10.1 Å². The van der Waals surface area contributed by atoms with E-state index < -0.39 is 10.1 Å². The van der Waals surface area contributed by atoms with Gasteiger partial charge >= 0.3 is 0 Å². The highest BCUT2D eigenvalue weighted by molar-refractivity contribution is 7.86. The normalized spacial score (nSPS) is 13.5. The maximum Gasteiger partial charge on any atom is 0.298 e. The molecule has 0 spiro atoms. The smallest absolute Gasteiger partial charge is 0.298 e. The summed E-state index contributed by atoms with van der Waals surface area (Å²) in [5.41, 5.74) is 2.62. The van der Waals surface area contributed by atoms with Gasteiger partial charge in [0.2, 0.25) is 0 Å². The highest BCUT2D eigenvalue weighted by Gasteiger charge is 2.25. The zero-order chi connectivity index (χ0) is 15.9. The molecule has 1 heterocycles. The van der Waals surface area contributed by atoms with Crippen LogP contribution < -0.4 is 4.74 Å². The number of ketones is 1. The maximum absolute atomic E-state index is 11.6. The molecule has 0 aliphatic carbocycles. The third-order valence-electron chi connectivity index (χ3n) is 3.63. The first kappa shape index (κ1) is 14.7. The van der Waals surface area contributed by atoms with Gasteiger partial charge in [-0.05, 0) is 41.8 Å². The van der Waals surface area contributed by atoms with Gasteiger partial charge in [0.05, 0.1) is 6.61 Å². The molecule has 1 aliphatic rings. The highest BCUT2D eigenvalue weighted by Crippen LogP contribution is 2.37. The predicted molar refractivity (Wildman–Crippen MR) is 80.9 cm³/mol. The van der Waals surface area contributed by atoms with Crippen molar-refractivity contribution in [3.63, 3.8) is 0 Å². The maximum atomic E-state index is 11.6. The van der Waals surface area contributed by atoms with Gasteiger partial charge < -0.3 is 4.74 Å². The summed E-state index contributed by atoms with van der Waals surface area (Å²) in [7, 11) is -4.38. The van der Waals surface area contributed by atoms with Crippen LogP contribution in [0.1, 0.15) is 22.8 Å². The van der Waals surface area contributed by atoms with E-state index in [2.05, 4.69) is 0 Å². The van der Waals surface area contributed by atoms with Crippen LogP contribution in [0.2, 0.25) is 0 Å². The molecule has 0 amide bonds. The second kappa shape index (κ2) is 5.23. The Morgan fingerprint density at radius 3 is 2.64 bits per heavy atom. The van der Waals surface area contributed by atoms with E-state index in [1.54, 1.807) is 24.3 Å². The minimum atomic E-state index is -4.38. The summed E-state index contributed by atoms with van der Waals surface area (Å²) in [5, 5.41) is 0. The molecule has 2 aromatic carbocycles. The van der Waals surface area contributed by atoms with Crippen molar-refractivity contribution in [2.75, 3.05) is 6.61 Å². The van der Waals surface area contributed by atoms with Crippen molar-refractivity contribution in [3.05, 3.63) is 47.5 Å². The summed E-state index contributed by atoms with van der Waals surface area (Å²) in [4.78, 5) is 11.3. The Morgan fingerprint density at radius 2 is 1.95 bits per heavy atom. The number of hydrogen-bond donors (Lipinski definition) is 1. The zero-order valence-electron chi connectivity index (χ0n) is 11.9. The number of benzene rings is 2. The predicted octanol–water partition coefficient (Wildman–Crippen LogP) is 2.74. The molecule has 0 unspecified atom stereocenters. The fourth-order valence-corrected chi connectivity index (χ4v) is 3.25. The fraction of sp³-hybridized carbons (Fsp3) is 0.188. The number of Topliss-reactive ketones (excluding diaryl/α,β-unsaturated/α-hetero) is 1. The summed E-state index contributed by atoms with van der Waals surface area (Å²) in [5.74, 6) is 0.148.